The third kappa shape index (κ3) is 6.09. The van der Waals surface area contributed by atoms with Gasteiger partial charge in [-0.2, -0.15) is 0 Å². The molecule has 2 aliphatic heterocycles. The van der Waals surface area contributed by atoms with Crippen molar-refractivity contribution in [2.24, 2.45) is 22.7 Å². The van der Waals surface area contributed by atoms with Crippen LogP contribution in [0.4, 0.5) is 0 Å². The lowest BCUT2D eigenvalue weighted by molar-refractivity contribution is -0.142. The number of rotatable bonds is 9. The number of aromatic nitrogens is 2. The largest absolute Gasteiger partial charge is 0.479 e. The SMILES string of the molecule is NC(=O)CCC(=NOCC(=O)O)c1nc2ccccc2n([C@H]2C[C@H]3CCC[C@@H](C2)N3C2CC3CCCCC(C3)C2)c1=O. The number of benzene rings is 1. The molecule has 6 rings (SSSR count). The molecule has 4 fully saturated rings. The Labute approximate surface area is 246 Å². The zero-order valence-electron chi connectivity index (χ0n) is 24.3. The molecule has 2 saturated carbocycles. The first kappa shape index (κ1) is 28.8. The molecule has 0 radical (unpaired) electrons. The Bertz CT molecular complexity index is 1380. The van der Waals surface area contributed by atoms with Gasteiger partial charge in [0.15, 0.2) is 5.69 Å². The van der Waals surface area contributed by atoms with E-state index < -0.39 is 18.5 Å². The first-order valence-corrected chi connectivity index (χ1v) is 15.9. The second-order valence-electron chi connectivity index (χ2n) is 13.0. The van der Waals surface area contributed by atoms with Gasteiger partial charge in [0.05, 0.1) is 11.0 Å². The minimum Gasteiger partial charge on any atom is -0.479 e. The van der Waals surface area contributed by atoms with E-state index in [9.17, 15) is 14.4 Å². The predicted molar refractivity (Wildman–Crippen MR) is 159 cm³/mol. The number of primary amides is 1. The average Bonchev–Trinajstić information content (AvgIpc) is 3.12. The zero-order valence-corrected chi connectivity index (χ0v) is 24.3. The van der Waals surface area contributed by atoms with Crippen LogP contribution >= 0.6 is 0 Å². The lowest BCUT2D eigenvalue weighted by atomic mass is 9.73. The molecular formula is C32H43N5O5. The van der Waals surface area contributed by atoms with Gasteiger partial charge >= 0.3 is 5.97 Å². The van der Waals surface area contributed by atoms with Gasteiger partial charge in [0.2, 0.25) is 12.5 Å². The molecule has 1 aromatic heterocycles. The zero-order chi connectivity index (χ0) is 29.2. The number of aliphatic carboxylic acids is 1. The second-order valence-corrected chi connectivity index (χ2v) is 13.0. The van der Waals surface area contributed by atoms with Gasteiger partial charge in [0.25, 0.3) is 5.56 Å². The van der Waals surface area contributed by atoms with Gasteiger partial charge < -0.3 is 20.2 Å². The van der Waals surface area contributed by atoms with E-state index in [0.717, 1.165) is 43.0 Å². The summed E-state index contributed by atoms with van der Waals surface area (Å²) in [5.41, 5.74) is 6.78. The fourth-order valence-electron chi connectivity index (χ4n) is 8.63. The highest BCUT2D eigenvalue weighted by molar-refractivity contribution is 6.01. The number of piperidine rings is 2. The summed E-state index contributed by atoms with van der Waals surface area (Å²) in [4.78, 5) is 49.5. The van der Waals surface area contributed by atoms with Crippen molar-refractivity contribution in [3.63, 3.8) is 0 Å². The fourth-order valence-corrected chi connectivity index (χ4v) is 8.63. The summed E-state index contributed by atoms with van der Waals surface area (Å²) in [5, 5.41) is 13.0. The Morgan fingerprint density at radius 3 is 2.26 bits per heavy atom. The molecule has 5 atom stereocenters. The maximum atomic E-state index is 14.3. The summed E-state index contributed by atoms with van der Waals surface area (Å²) < 4.78 is 1.90. The molecule has 2 unspecified atom stereocenters. The van der Waals surface area contributed by atoms with Crippen LogP contribution in [0.1, 0.15) is 102 Å². The maximum absolute atomic E-state index is 14.3. The summed E-state index contributed by atoms with van der Waals surface area (Å²) in [5.74, 6) is -0.00634. The van der Waals surface area contributed by atoms with Crippen LogP contribution in [0.3, 0.4) is 0 Å². The van der Waals surface area contributed by atoms with E-state index in [2.05, 4.69) is 15.0 Å². The van der Waals surface area contributed by atoms with Crippen LogP contribution in [-0.4, -0.2) is 61.9 Å². The van der Waals surface area contributed by atoms with Crippen LogP contribution in [0.15, 0.2) is 34.2 Å². The van der Waals surface area contributed by atoms with E-state index in [-0.39, 0.29) is 35.8 Å². The summed E-state index contributed by atoms with van der Waals surface area (Å²) in [7, 11) is 0. The third-order valence-electron chi connectivity index (χ3n) is 10.2. The summed E-state index contributed by atoms with van der Waals surface area (Å²) >= 11 is 0. The highest BCUT2D eigenvalue weighted by atomic mass is 16.6. The van der Waals surface area contributed by atoms with Crippen LogP contribution in [0.2, 0.25) is 0 Å². The van der Waals surface area contributed by atoms with E-state index in [0.29, 0.717) is 23.6 Å². The normalized spacial score (nSPS) is 30.0. The van der Waals surface area contributed by atoms with E-state index in [1.807, 2.05) is 28.8 Å². The van der Waals surface area contributed by atoms with E-state index in [4.69, 9.17) is 15.7 Å². The van der Waals surface area contributed by atoms with E-state index in [1.165, 1.54) is 51.4 Å². The summed E-state index contributed by atoms with van der Waals surface area (Å²) in [6.45, 7) is -0.660. The molecule has 2 aliphatic carbocycles. The number of carboxylic acids is 1. The van der Waals surface area contributed by atoms with Crippen molar-refractivity contribution in [1.29, 1.82) is 0 Å². The molecular weight excluding hydrogens is 534 g/mol. The molecule has 1 amide bonds. The number of hydrogen-bond donors (Lipinski definition) is 2. The average molecular weight is 578 g/mol. The molecule has 10 nitrogen and oxygen atoms in total. The Kier molecular flexibility index (Phi) is 8.60. The monoisotopic (exact) mass is 577 g/mol. The quantitative estimate of drug-likeness (QED) is 0.333. The topological polar surface area (TPSA) is 140 Å². The highest BCUT2D eigenvalue weighted by Crippen LogP contribution is 2.47. The lowest BCUT2D eigenvalue weighted by Gasteiger charge is -2.54. The molecule has 4 aliphatic rings. The maximum Gasteiger partial charge on any atom is 0.344 e. The number of hydrogen-bond acceptors (Lipinski definition) is 7. The molecule has 226 valence electrons. The number of nitrogens with zero attached hydrogens (tertiary/aromatic N) is 4. The van der Waals surface area contributed by atoms with Crippen LogP contribution in [-0.2, 0) is 14.4 Å². The van der Waals surface area contributed by atoms with Crippen molar-refractivity contribution >= 4 is 28.6 Å². The van der Waals surface area contributed by atoms with Gasteiger partial charge in [-0.15, -0.1) is 0 Å². The Morgan fingerprint density at radius 1 is 0.905 bits per heavy atom. The van der Waals surface area contributed by atoms with Crippen LogP contribution < -0.4 is 11.3 Å². The van der Waals surface area contributed by atoms with Crippen molar-refractivity contribution in [1.82, 2.24) is 14.5 Å². The Balaban J connectivity index is 1.34. The van der Waals surface area contributed by atoms with Crippen LogP contribution in [0.5, 0.6) is 0 Å². The van der Waals surface area contributed by atoms with Crippen LogP contribution in [0.25, 0.3) is 11.0 Å². The van der Waals surface area contributed by atoms with Gasteiger partial charge in [-0.25, -0.2) is 9.78 Å². The highest BCUT2D eigenvalue weighted by Gasteiger charge is 2.45. The number of carbonyl (C=O) groups is 2. The van der Waals surface area contributed by atoms with Crippen LogP contribution in [0, 0.1) is 11.8 Å². The molecule has 2 saturated heterocycles. The second kappa shape index (κ2) is 12.5. The number of amides is 1. The van der Waals surface area contributed by atoms with E-state index >= 15 is 0 Å². The molecule has 2 aromatic rings. The van der Waals surface area contributed by atoms with Crippen molar-refractivity contribution in [2.45, 2.75) is 114 Å². The molecule has 4 bridgehead atoms. The first-order chi connectivity index (χ1) is 20.4. The minimum absolute atomic E-state index is 0.0129. The van der Waals surface area contributed by atoms with E-state index in [1.54, 1.807) is 0 Å². The summed E-state index contributed by atoms with van der Waals surface area (Å²) in [6, 6.07) is 9.21. The van der Waals surface area contributed by atoms with Gasteiger partial charge in [0, 0.05) is 37.0 Å². The molecule has 1 aromatic carbocycles. The number of para-hydroxylation sites is 2. The first-order valence-electron chi connectivity index (χ1n) is 15.9. The standard InChI is InChI=1S/C32H43N5O5/c33-29(38)13-12-27(35-42-19-30(39)40)31-32(41)37(28-11-4-3-10-26(28)34-31)25-17-22-8-5-9-23(18-25)36(22)24-15-20-6-1-2-7-21(14-20)16-24/h3-4,10-11,20-25H,1-2,5-9,12-19H2,(H2,33,38)(H,39,40)/t20?,21?,22-,23+,24?,25+. The minimum atomic E-state index is -1.19. The van der Waals surface area contributed by atoms with Crippen molar-refractivity contribution < 1.29 is 19.5 Å². The number of fused-ring (bicyclic) bond motifs is 5. The predicted octanol–water partition coefficient (Wildman–Crippen LogP) is 4.38. The summed E-state index contributed by atoms with van der Waals surface area (Å²) in [6.07, 6.45) is 15.0. The molecule has 42 heavy (non-hydrogen) atoms. The van der Waals surface area contributed by atoms with Gasteiger partial charge in [-0.1, -0.05) is 49.4 Å². The molecule has 3 heterocycles. The Morgan fingerprint density at radius 2 is 1.60 bits per heavy atom. The fraction of sp³-hybridized carbons (Fsp3) is 0.656. The molecule has 3 N–H and O–H groups in total. The van der Waals surface area contributed by atoms with Crippen molar-refractivity contribution in [2.75, 3.05) is 6.61 Å². The van der Waals surface area contributed by atoms with Crippen molar-refractivity contribution in [3.8, 4) is 0 Å². The molecule has 0 spiro atoms. The van der Waals surface area contributed by atoms with Gasteiger partial charge in [-0.05, 0) is 68.9 Å². The van der Waals surface area contributed by atoms with Crippen molar-refractivity contribution in [3.05, 3.63) is 40.3 Å². The van der Waals surface area contributed by atoms with Gasteiger partial charge in [0.1, 0.15) is 5.71 Å². The molecule has 10 heteroatoms. The number of carbonyl (C=O) groups excluding carboxylic acids is 1. The Hall–Kier alpha value is -3.27. The number of carboxylic acid groups (broad SMARTS) is 1. The third-order valence-corrected chi connectivity index (χ3v) is 10.2. The lowest BCUT2D eigenvalue weighted by Crippen LogP contribution is -2.58. The number of nitrogens with two attached hydrogens (primary N) is 1. The smallest absolute Gasteiger partial charge is 0.344 e. The number of oxime groups is 1. The van der Waals surface area contributed by atoms with Gasteiger partial charge in [-0.3, -0.25) is 14.5 Å².